The van der Waals surface area contributed by atoms with Crippen LogP contribution >= 0.6 is 0 Å². The molecule has 120 valence electrons. The van der Waals surface area contributed by atoms with Crippen LogP contribution < -0.4 is 5.32 Å². The Balaban J connectivity index is 2.05. The van der Waals surface area contributed by atoms with Crippen LogP contribution in [0.4, 0.5) is 5.82 Å². The molecular weight excluding hydrogens is 272 g/mol. The van der Waals surface area contributed by atoms with E-state index in [0.29, 0.717) is 17.7 Å². The lowest BCUT2D eigenvalue weighted by atomic mass is 9.75. The Hall–Kier alpha value is -1.64. The van der Waals surface area contributed by atoms with E-state index in [0.717, 1.165) is 31.2 Å². The summed E-state index contributed by atoms with van der Waals surface area (Å²) in [5, 5.41) is 3.02. The molecule has 0 atom stereocenters. The standard InChI is InChI=1S/C19H28N2O/c1-14(2)7-8-16-9-10-17(20-13-16)21-18(22)19(15(3)4)11-5-6-12-19/h7-10,13-15H,5-6,11-12H2,1-4H3,(H,20,21,22)/b8-7+. The number of amides is 1. The number of anilines is 1. The van der Waals surface area contributed by atoms with E-state index in [1.54, 1.807) is 0 Å². The highest BCUT2D eigenvalue weighted by Gasteiger charge is 2.43. The minimum atomic E-state index is -0.210. The maximum atomic E-state index is 12.7. The number of nitrogens with zero attached hydrogens (tertiary/aromatic N) is 1. The van der Waals surface area contributed by atoms with Crippen LogP contribution in [0.1, 0.15) is 58.9 Å². The summed E-state index contributed by atoms with van der Waals surface area (Å²) in [5.74, 6) is 1.67. The van der Waals surface area contributed by atoms with Gasteiger partial charge in [0.2, 0.25) is 5.91 Å². The Morgan fingerprint density at radius 1 is 1.23 bits per heavy atom. The van der Waals surface area contributed by atoms with Gasteiger partial charge in [-0.2, -0.15) is 0 Å². The molecule has 1 aromatic rings. The molecule has 0 aliphatic heterocycles. The van der Waals surface area contributed by atoms with Gasteiger partial charge in [-0.1, -0.05) is 52.7 Å². The molecule has 0 saturated heterocycles. The van der Waals surface area contributed by atoms with Crippen molar-refractivity contribution in [2.75, 3.05) is 5.32 Å². The van der Waals surface area contributed by atoms with Gasteiger partial charge >= 0.3 is 0 Å². The molecule has 0 spiro atoms. The maximum absolute atomic E-state index is 12.7. The quantitative estimate of drug-likeness (QED) is 0.840. The van der Waals surface area contributed by atoms with Gasteiger partial charge in [-0.3, -0.25) is 4.79 Å². The van der Waals surface area contributed by atoms with Gasteiger partial charge in [0.1, 0.15) is 5.82 Å². The fraction of sp³-hybridized carbons (Fsp3) is 0.579. The van der Waals surface area contributed by atoms with Crippen molar-refractivity contribution in [2.24, 2.45) is 17.3 Å². The van der Waals surface area contributed by atoms with E-state index in [1.165, 1.54) is 0 Å². The van der Waals surface area contributed by atoms with Crippen LogP contribution in [0.15, 0.2) is 24.4 Å². The highest BCUT2D eigenvalue weighted by Crippen LogP contribution is 2.44. The number of rotatable bonds is 5. The first-order chi connectivity index (χ1) is 10.4. The number of carbonyl (C=O) groups is 1. The van der Waals surface area contributed by atoms with Crippen LogP contribution in [-0.2, 0) is 4.79 Å². The number of allylic oxidation sites excluding steroid dienone is 1. The number of carbonyl (C=O) groups excluding carboxylic acids is 1. The average molecular weight is 300 g/mol. The maximum Gasteiger partial charge on any atom is 0.232 e. The molecule has 0 unspecified atom stereocenters. The summed E-state index contributed by atoms with van der Waals surface area (Å²) in [6.07, 6.45) is 10.3. The van der Waals surface area contributed by atoms with Crippen LogP contribution in [0.2, 0.25) is 0 Å². The van der Waals surface area contributed by atoms with Crippen molar-refractivity contribution in [3.05, 3.63) is 30.0 Å². The molecule has 3 nitrogen and oxygen atoms in total. The zero-order chi connectivity index (χ0) is 16.2. The van der Waals surface area contributed by atoms with Gasteiger partial charge in [0.25, 0.3) is 0 Å². The summed E-state index contributed by atoms with van der Waals surface area (Å²) in [5.41, 5.74) is 0.851. The largest absolute Gasteiger partial charge is 0.310 e. The smallest absolute Gasteiger partial charge is 0.232 e. The molecule has 3 heteroatoms. The molecule has 1 N–H and O–H groups in total. The van der Waals surface area contributed by atoms with E-state index >= 15 is 0 Å². The molecule has 1 saturated carbocycles. The molecule has 1 amide bonds. The fourth-order valence-electron chi connectivity index (χ4n) is 3.19. The Morgan fingerprint density at radius 2 is 1.91 bits per heavy atom. The molecule has 1 aliphatic rings. The fourth-order valence-corrected chi connectivity index (χ4v) is 3.19. The summed E-state index contributed by atoms with van der Waals surface area (Å²) in [4.78, 5) is 17.1. The van der Waals surface area contributed by atoms with E-state index in [-0.39, 0.29) is 11.3 Å². The van der Waals surface area contributed by atoms with Crippen LogP contribution in [0.25, 0.3) is 6.08 Å². The van der Waals surface area contributed by atoms with Gasteiger partial charge in [0, 0.05) is 6.20 Å². The average Bonchev–Trinajstić information content (AvgIpc) is 2.97. The highest BCUT2D eigenvalue weighted by molar-refractivity contribution is 5.95. The second-order valence-electron chi connectivity index (χ2n) is 7.05. The van der Waals surface area contributed by atoms with Crippen LogP contribution in [0, 0.1) is 17.3 Å². The van der Waals surface area contributed by atoms with E-state index in [4.69, 9.17) is 0 Å². The number of hydrogen-bond donors (Lipinski definition) is 1. The van der Waals surface area contributed by atoms with Gasteiger partial charge in [-0.15, -0.1) is 0 Å². The number of hydrogen-bond acceptors (Lipinski definition) is 2. The van der Waals surface area contributed by atoms with Crippen molar-refractivity contribution in [1.82, 2.24) is 4.98 Å². The van der Waals surface area contributed by atoms with Crippen molar-refractivity contribution >= 4 is 17.8 Å². The third-order valence-electron chi connectivity index (χ3n) is 4.75. The highest BCUT2D eigenvalue weighted by atomic mass is 16.2. The lowest BCUT2D eigenvalue weighted by Crippen LogP contribution is -2.38. The minimum absolute atomic E-state index is 0.137. The summed E-state index contributed by atoms with van der Waals surface area (Å²) in [7, 11) is 0. The topological polar surface area (TPSA) is 42.0 Å². The molecule has 1 fully saturated rings. The zero-order valence-corrected chi connectivity index (χ0v) is 14.2. The van der Waals surface area contributed by atoms with Gasteiger partial charge < -0.3 is 5.32 Å². The van der Waals surface area contributed by atoms with Crippen LogP contribution in [0.5, 0.6) is 0 Å². The van der Waals surface area contributed by atoms with Crippen LogP contribution in [-0.4, -0.2) is 10.9 Å². The van der Waals surface area contributed by atoms with Gasteiger partial charge in [-0.25, -0.2) is 4.98 Å². The summed E-state index contributed by atoms with van der Waals surface area (Å²) >= 11 is 0. The molecule has 1 aromatic heterocycles. The summed E-state index contributed by atoms with van der Waals surface area (Å²) in [6.45, 7) is 8.59. The second kappa shape index (κ2) is 7.08. The normalized spacial score (nSPS) is 17.5. The minimum Gasteiger partial charge on any atom is -0.310 e. The third-order valence-corrected chi connectivity index (χ3v) is 4.75. The Labute approximate surface area is 134 Å². The second-order valence-corrected chi connectivity index (χ2v) is 7.05. The molecular formula is C19H28N2O. The first-order valence-electron chi connectivity index (χ1n) is 8.40. The monoisotopic (exact) mass is 300 g/mol. The Morgan fingerprint density at radius 3 is 2.41 bits per heavy atom. The van der Waals surface area contributed by atoms with Crippen LogP contribution in [0.3, 0.4) is 0 Å². The Kier molecular flexibility index (Phi) is 5.38. The molecule has 0 radical (unpaired) electrons. The first-order valence-corrected chi connectivity index (χ1v) is 8.40. The molecule has 2 rings (SSSR count). The molecule has 1 aliphatic carbocycles. The van der Waals surface area contributed by atoms with Crippen molar-refractivity contribution in [1.29, 1.82) is 0 Å². The van der Waals surface area contributed by atoms with Crippen molar-refractivity contribution in [3.63, 3.8) is 0 Å². The van der Waals surface area contributed by atoms with E-state index < -0.39 is 0 Å². The van der Waals surface area contributed by atoms with Crippen molar-refractivity contribution in [3.8, 4) is 0 Å². The SMILES string of the molecule is CC(C)/C=C/c1ccc(NC(=O)C2(C(C)C)CCCC2)nc1. The lowest BCUT2D eigenvalue weighted by molar-refractivity contribution is -0.127. The predicted molar refractivity (Wildman–Crippen MR) is 92.5 cm³/mol. The number of pyridine rings is 1. The Bertz CT molecular complexity index is 523. The number of aromatic nitrogens is 1. The van der Waals surface area contributed by atoms with E-state index in [9.17, 15) is 4.79 Å². The van der Waals surface area contributed by atoms with Gasteiger partial charge in [0.05, 0.1) is 5.41 Å². The molecule has 0 aromatic carbocycles. The molecule has 1 heterocycles. The first kappa shape index (κ1) is 16.7. The van der Waals surface area contributed by atoms with Gasteiger partial charge in [0.15, 0.2) is 0 Å². The number of nitrogens with one attached hydrogen (secondary N) is 1. The predicted octanol–water partition coefficient (Wildman–Crippen LogP) is 4.91. The van der Waals surface area contributed by atoms with E-state index in [1.807, 2.05) is 18.3 Å². The van der Waals surface area contributed by atoms with Crippen molar-refractivity contribution < 1.29 is 4.79 Å². The molecule has 0 bridgehead atoms. The summed E-state index contributed by atoms with van der Waals surface area (Å²) < 4.78 is 0. The van der Waals surface area contributed by atoms with Gasteiger partial charge in [-0.05, 0) is 42.4 Å². The lowest BCUT2D eigenvalue weighted by Gasteiger charge is -2.31. The van der Waals surface area contributed by atoms with E-state index in [2.05, 4.69) is 50.1 Å². The third kappa shape index (κ3) is 3.76. The zero-order valence-electron chi connectivity index (χ0n) is 14.2. The van der Waals surface area contributed by atoms with Crippen molar-refractivity contribution in [2.45, 2.75) is 53.4 Å². The molecule has 22 heavy (non-hydrogen) atoms. The summed E-state index contributed by atoms with van der Waals surface area (Å²) in [6, 6.07) is 3.89.